The van der Waals surface area contributed by atoms with Gasteiger partial charge in [-0.3, -0.25) is 14.9 Å². The second-order valence-electron chi connectivity index (χ2n) is 5.36. The minimum absolute atomic E-state index is 0.0504. The number of hydrogen-bond acceptors (Lipinski definition) is 3. The molecule has 2 rings (SSSR count). The highest BCUT2D eigenvalue weighted by molar-refractivity contribution is 9.10. The topological polar surface area (TPSA) is 63.5 Å². The van der Waals surface area contributed by atoms with Gasteiger partial charge in [-0.2, -0.15) is 0 Å². The minimum atomic E-state index is -0.469. The number of halogens is 1. The Bertz CT molecular complexity index is 546. The fourth-order valence-corrected chi connectivity index (χ4v) is 3.26. The molecule has 0 spiro atoms. The predicted molar refractivity (Wildman–Crippen MR) is 84.4 cm³/mol. The highest BCUT2D eigenvalue weighted by Crippen LogP contribution is 2.28. The summed E-state index contributed by atoms with van der Waals surface area (Å²) in [5.74, 6) is -0.108. The molecule has 0 N–H and O–H groups in total. The lowest BCUT2D eigenvalue weighted by Crippen LogP contribution is -2.43. The number of non-ortho nitro benzene ring substituents is 1. The summed E-state index contributed by atoms with van der Waals surface area (Å²) in [6.07, 6.45) is 5.18. The van der Waals surface area contributed by atoms with Gasteiger partial charge < -0.3 is 4.90 Å². The van der Waals surface area contributed by atoms with Gasteiger partial charge in [-0.15, -0.1) is 0 Å². The van der Waals surface area contributed by atoms with Gasteiger partial charge in [0.15, 0.2) is 0 Å². The van der Waals surface area contributed by atoms with Crippen molar-refractivity contribution in [3.8, 4) is 0 Å². The first kappa shape index (κ1) is 15.9. The summed E-state index contributed by atoms with van der Waals surface area (Å²) in [6.45, 7) is 2.85. The zero-order chi connectivity index (χ0) is 15.4. The molecule has 1 amide bonds. The van der Waals surface area contributed by atoms with E-state index >= 15 is 0 Å². The van der Waals surface area contributed by atoms with Crippen LogP contribution in [0.3, 0.4) is 0 Å². The Morgan fingerprint density at radius 2 is 2.24 bits per heavy atom. The number of nitrogens with zero attached hydrogens (tertiary/aromatic N) is 2. The number of nitro benzene ring substituents is 1. The van der Waals surface area contributed by atoms with Gasteiger partial charge in [-0.05, 0) is 47.7 Å². The van der Waals surface area contributed by atoms with Crippen LogP contribution in [0.5, 0.6) is 0 Å². The third kappa shape index (κ3) is 3.61. The number of amides is 1. The van der Waals surface area contributed by atoms with Crippen LogP contribution in [0.1, 0.15) is 49.4 Å². The second kappa shape index (κ2) is 7.02. The van der Waals surface area contributed by atoms with Gasteiger partial charge in [-0.25, -0.2) is 0 Å². The first-order chi connectivity index (χ1) is 10.0. The minimum Gasteiger partial charge on any atom is -0.336 e. The summed E-state index contributed by atoms with van der Waals surface area (Å²) in [4.78, 5) is 25.1. The Hall–Kier alpha value is -1.43. The van der Waals surface area contributed by atoms with Crippen molar-refractivity contribution in [2.75, 3.05) is 6.54 Å². The fraction of sp³-hybridized carbons (Fsp3) is 0.533. The molecule has 1 saturated heterocycles. The third-order valence-corrected chi connectivity index (χ3v) is 4.59. The Morgan fingerprint density at radius 3 is 2.90 bits per heavy atom. The van der Waals surface area contributed by atoms with Gasteiger partial charge in [0, 0.05) is 29.2 Å². The largest absolute Gasteiger partial charge is 0.336 e. The molecule has 1 heterocycles. The standard InChI is InChI=1S/C15H19BrN2O3/c1-2-5-11-6-3-4-9-17(11)15(19)13-10-12(18(20)21)7-8-14(13)16/h7-8,10-11H,2-6,9H2,1H3. The number of carbonyl (C=O) groups excluding carboxylic acids is 1. The van der Waals surface area contributed by atoms with Crippen LogP contribution in [0, 0.1) is 10.1 Å². The molecule has 0 radical (unpaired) electrons. The highest BCUT2D eigenvalue weighted by atomic mass is 79.9. The maximum Gasteiger partial charge on any atom is 0.270 e. The van der Waals surface area contributed by atoms with Gasteiger partial charge in [0.1, 0.15) is 0 Å². The van der Waals surface area contributed by atoms with Crippen LogP contribution >= 0.6 is 15.9 Å². The molecule has 5 nitrogen and oxygen atoms in total. The van der Waals surface area contributed by atoms with E-state index in [4.69, 9.17) is 0 Å². The maximum atomic E-state index is 12.8. The van der Waals surface area contributed by atoms with Crippen LogP contribution in [0.2, 0.25) is 0 Å². The van der Waals surface area contributed by atoms with Crippen LogP contribution in [0.15, 0.2) is 22.7 Å². The molecule has 1 fully saturated rings. The van der Waals surface area contributed by atoms with Crippen molar-refractivity contribution in [1.82, 2.24) is 4.90 Å². The molecule has 6 heteroatoms. The van der Waals surface area contributed by atoms with Crippen molar-refractivity contribution < 1.29 is 9.72 Å². The van der Waals surface area contributed by atoms with Crippen LogP contribution < -0.4 is 0 Å². The molecular formula is C15H19BrN2O3. The summed E-state index contributed by atoms with van der Waals surface area (Å²) in [6, 6.07) is 4.59. The van der Waals surface area contributed by atoms with E-state index in [9.17, 15) is 14.9 Å². The van der Waals surface area contributed by atoms with Gasteiger partial charge in [-0.1, -0.05) is 13.3 Å². The van der Waals surface area contributed by atoms with Crippen molar-refractivity contribution in [1.29, 1.82) is 0 Å². The summed E-state index contributed by atoms with van der Waals surface area (Å²) in [5.41, 5.74) is 0.331. The number of benzene rings is 1. The molecule has 1 atom stereocenters. The van der Waals surface area contributed by atoms with E-state index in [1.165, 1.54) is 12.1 Å². The smallest absolute Gasteiger partial charge is 0.270 e. The van der Waals surface area contributed by atoms with E-state index in [1.807, 2.05) is 4.90 Å². The number of piperidine rings is 1. The molecule has 1 aliphatic heterocycles. The van der Waals surface area contributed by atoms with Crippen LogP contribution in [0.25, 0.3) is 0 Å². The molecule has 1 aliphatic rings. The van der Waals surface area contributed by atoms with Crippen molar-refractivity contribution in [3.05, 3.63) is 38.3 Å². The average molecular weight is 355 g/mol. The number of hydrogen-bond donors (Lipinski definition) is 0. The lowest BCUT2D eigenvalue weighted by Gasteiger charge is -2.36. The summed E-state index contributed by atoms with van der Waals surface area (Å²) in [5, 5.41) is 10.9. The van der Waals surface area contributed by atoms with Crippen molar-refractivity contribution >= 4 is 27.5 Å². The van der Waals surface area contributed by atoms with E-state index in [2.05, 4.69) is 22.9 Å². The van der Waals surface area contributed by atoms with E-state index in [-0.39, 0.29) is 17.6 Å². The molecule has 1 aromatic carbocycles. The Morgan fingerprint density at radius 1 is 1.48 bits per heavy atom. The molecule has 1 unspecified atom stereocenters. The number of carbonyl (C=O) groups is 1. The second-order valence-corrected chi connectivity index (χ2v) is 6.21. The summed E-state index contributed by atoms with van der Waals surface area (Å²) < 4.78 is 0.610. The first-order valence-electron chi connectivity index (χ1n) is 7.29. The average Bonchev–Trinajstić information content (AvgIpc) is 2.47. The monoisotopic (exact) mass is 354 g/mol. The van der Waals surface area contributed by atoms with Gasteiger partial charge in [0.05, 0.1) is 10.5 Å². The molecule has 0 saturated carbocycles. The van der Waals surface area contributed by atoms with Crippen molar-refractivity contribution in [2.24, 2.45) is 0 Å². The Kier molecular flexibility index (Phi) is 5.33. The summed E-state index contributed by atoms with van der Waals surface area (Å²) >= 11 is 3.34. The number of rotatable bonds is 4. The predicted octanol–water partition coefficient (Wildman–Crippen LogP) is 4.15. The molecule has 21 heavy (non-hydrogen) atoms. The van der Waals surface area contributed by atoms with Crippen molar-refractivity contribution in [3.63, 3.8) is 0 Å². The quantitative estimate of drug-likeness (QED) is 0.602. The molecular weight excluding hydrogens is 336 g/mol. The fourth-order valence-electron chi connectivity index (χ4n) is 2.85. The van der Waals surface area contributed by atoms with E-state index in [1.54, 1.807) is 6.07 Å². The van der Waals surface area contributed by atoms with Crippen LogP contribution in [-0.2, 0) is 0 Å². The summed E-state index contributed by atoms with van der Waals surface area (Å²) in [7, 11) is 0. The zero-order valence-corrected chi connectivity index (χ0v) is 13.6. The molecule has 0 aliphatic carbocycles. The molecule has 1 aromatic rings. The Balaban J connectivity index is 2.29. The normalized spacial score (nSPS) is 18.6. The molecule has 0 aromatic heterocycles. The maximum absolute atomic E-state index is 12.8. The third-order valence-electron chi connectivity index (χ3n) is 3.90. The van der Waals surface area contributed by atoms with E-state index in [0.717, 1.165) is 38.6 Å². The lowest BCUT2D eigenvalue weighted by atomic mass is 9.97. The van der Waals surface area contributed by atoms with Gasteiger partial charge >= 0.3 is 0 Å². The molecule has 0 bridgehead atoms. The number of likely N-dealkylation sites (tertiary alicyclic amines) is 1. The number of nitro groups is 1. The van der Waals surface area contributed by atoms with Gasteiger partial charge in [0.25, 0.3) is 11.6 Å². The van der Waals surface area contributed by atoms with Gasteiger partial charge in [0.2, 0.25) is 0 Å². The van der Waals surface area contributed by atoms with E-state index in [0.29, 0.717) is 10.0 Å². The van der Waals surface area contributed by atoms with Crippen LogP contribution in [0.4, 0.5) is 5.69 Å². The lowest BCUT2D eigenvalue weighted by molar-refractivity contribution is -0.384. The SMILES string of the molecule is CCCC1CCCCN1C(=O)c1cc([N+](=O)[O-])ccc1Br. The Labute approximate surface area is 132 Å². The van der Waals surface area contributed by atoms with Crippen molar-refractivity contribution in [2.45, 2.75) is 45.1 Å². The van der Waals surface area contributed by atoms with Crippen LogP contribution in [-0.4, -0.2) is 28.3 Å². The first-order valence-corrected chi connectivity index (χ1v) is 8.08. The van der Waals surface area contributed by atoms with E-state index < -0.39 is 4.92 Å². The molecule has 114 valence electrons. The zero-order valence-electron chi connectivity index (χ0n) is 12.0. The highest BCUT2D eigenvalue weighted by Gasteiger charge is 2.28.